The highest BCUT2D eigenvalue weighted by Crippen LogP contribution is 2.18. The number of hydrogen-bond donors (Lipinski definition) is 2. The molecule has 0 spiro atoms. The van der Waals surface area contributed by atoms with Crippen molar-refractivity contribution in [3.8, 4) is 0 Å². The van der Waals surface area contributed by atoms with Crippen LogP contribution in [0.25, 0.3) is 0 Å². The Kier molecular flexibility index (Phi) is 7.56. The van der Waals surface area contributed by atoms with Gasteiger partial charge in [0.2, 0.25) is 0 Å². The summed E-state index contributed by atoms with van der Waals surface area (Å²) in [6, 6.07) is 18.7. The minimum absolute atomic E-state index is 0.00392. The first-order chi connectivity index (χ1) is 16.4. The van der Waals surface area contributed by atoms with Crippen LogP contribution in [0.15, 0.2) is 77.7 Å². The van der Waals surface area contributed by atoms with Crippen molar-refractivity contribution in [2.24, 2.45) is 0 Å². The molecular weight excluding hydrogens is 457 g/mol. The Labute approximate surface area is 198 Å². The van der Waals surface area contributed by atoms with E-state index in [-0.39, 0.29) is 16.5 Å². The molecule has 0 unspecified atom stereocenters. The topological polar surface area (TPSA) is 87.7 Å². The molecule has 1 fully saturated rings. The van der Waals surface area contributed by atoms with Crippen LogP contribution in [0.1, 0.15) is 21.5 Å². The van der Waals surface area contributed by atoms with E-state index in [1.165, 1.54) is 48.5 Å². The Morgan fingerprint density at radius 1 is 0.912 bits per heavy atom. The number of ether oxygens (including phenoxy) is 1. The molecule has 0 atom stereocenters. The quantitative estimate of drug-likeness (QED) is 0.513. The monoisotopic (exact) mass is 483 g/mol. The molecule has 2 N–H and O–H groups in total. The van der Waals surface area contributed by atoms with E-state index >= 15 is 0 Å². The summed E-state index contributed by atoms with van der Waals surface area (Å²) in [5, 5.41) is 2.91. The van der Waals surface area contributed by atoms with Crippen LogP contribution in [0.2, 0.25) is 0 Å². The number of sulfonamides is 1. The molecule has 34 heavy (non-hydrogen) atoms. The standard InChI is InChI=1S/C25H26FN3O4S/c26-22-7-9-23(10-8-22)28-34(31,32)24-11-5-19(6-12-24)25(30)27-17-20-3-1-2-4-21(20)18-29-13-15-33-16-14-29/h1-12,28H,13-18H2,(H,27,30). The number of benzene rings is 3. The average molecular weight is 484 g/mol. The second-order valence-corrected chi connectivity index (χ2v) is 9.66. The molecule has 0 aliphatic carbocycles. The molecule has 4 rings (SSSR count). The summed E-state index contributed by atoms with van der Waals surface area (Å²) in [5.74, 6) is -0.751. The van der Waals surface area contributed by atoms with E-state index in [9.17, 15) is 17.6 Å². The molecule has 3 aromatic carbocycles. The molecule has 178 valence electrons. The lowest BCUT2D eigenvalue weighted by Gasteiger charge is -2.27. The van der Waals surface area contributed by atoms with Gasteiger partial charge in [0.1, 0.15) is 5.82 Å². The summed E-state index contributed by atoms with van der Waals surface area (Å²) in [6.45, 7) is 4.38. The predicted octanol–water partition coefficient (Wildman–Crippen LogP) is 3.39. The summed E-state index contributed by atoms with van der Waals surface area (Å²) in [7, 11) is -3.86. The summed E-state index contributed by atoms with van der Waals surface area (Å²) in [6.07, 6.45) is 0. The summed E-state index contributed by atoms with van der Waals surface area (Å²) >= 11 is 0. The summed E-state index contributed by atoms with van der Waals surface area (Å²) in [5.41, 5.74) is 2.79. The fraction of sp³-hybridized carbons (Fsp3) is 0.240. The van der Waals surface area contributed by atoms with Crippen molar-refractivity contribution < 1.29 is 22.3 Å². The summed E-state index contributed by atoms with van der Waals surface area (Å²) in [4.78, 5) is 15.0. The molecular formula is C25H26FN3O4S. The third-order valence-electron chi connectivity index (χ3n) is 5.58. The normalized spacial score (nSPS) is 14.5. The highest BCUT2D eigenvalue weighted by Gasteiger charge is 2.16. The van der Waals surface area contributed by atoms with Crippen LogP contribution in [-0.4, -0.2) is 45.5 Å². The van der Waals surface area contributed by atoms with Crippen molar-refractivity contribution in [1.82, 2.24) is 10.2 Å². The van der Waals surface area contributed by atoms with E-state index in [2.05, 4.69) is 21.0 Å². The fourth-order valence-electron chi connectivity index (χ4n) is 3.68. The SMILES string of the molecule is O=C(NCc1ccccc1CN1CCOCC1)c1ccc(S(=O)(=O)Nc2ccc(F)cc2)cc1. The van der Waals surface area contributed by atoms with Crippen LogP contribution < -0.4 is 10.0 Å². The molecule has 1 amide bonds. The van der Waals surface area contributed by atoms with E-state index in [0.29, 0.717) is 12.1 Å². The maximum atomic E-state index is 13.0. The zero-order chi connectivity index (χ0) is 24.0. The molecule has 9 heteroatoms. The smallest absolute Gasteiger partial charge is 0.261 e. The number of hydrogen-bond acceptors (Lipinski definition) is 5. The summed E-state index contributed by atoms with van der Waals surface area (Å²) < 4.78 is 46.0. The van der Waals surface area contributed by atoms with Crippen LogP contribution in [0, 0.1) is 5.82 Å². The van der Waals surface area contributed by atoms with Crippen LogP contribution in [0.5, 0.6) is 0 Å². The zero-order valence-electron chi connectivity index (χ0n) is 18.5. The van der Waals surface area contributed by atoms with E-state index in [4.69, 9.17) is 4.74 Å². The van der Waals surface area contributed by atoms with Gasteiger partial charge in [-0.3, -0.25) is 14.4 Å². The van der Waals surface area contributed by atoms with Gasteiger partial charge in [0.15, 0.2) is 0 Å². The van der Waals surface area contributed by atoms with E-state index in [0.717, 1.165) is 44.0 Å². The molecule has 0 aromatic heterocycles. The first kappa shape index (κ1) is 23.9. The van der Waals surface area contributed by atoms with Crippen molar-refractivity contribution in [2.45, 2.75) is 18.0 Å². The largest absolute Gasteiger partial charge is 0.379 e. The number of carbonyl (C=O) groups excluding carboxylic acids is 1. The zero-order valence-corrected chi connectivity index (χ0v) is 19.4. The van der Waals surface area contributed by atoms with E-state index < -0.39 is 15.8 Å². The van der Waals surface area contributed by atoms with Gasteiger partial charge in [-0.1, -0.05) is 24.3 Å². The highest BCUT2D eigenvalue weighted by atomic mass is 32.2. The third-order valence-corrected chi connectivity index (χ3v) is 6.98. The van der Waals surface area contributed by atoms with Gasteiger partial charge in [0.25, 0.3) is 15.9 Å². The molecule has 0 bridgehead atoms. The van der Waals surface area contributed by atoms with E-state index in [1.807, 2.05) is 18.2 Å². The Hall–Kier alpha value is -3.27. The number of carbonyl (C=O) groups is 1. The Morgan fingerprint density at radius 2 is 1.56 bits per heavy atom. The molecule has 1 heterocycles. The first-order valence-corrected chi connectivity index (χ1v) is 12.4. The Balaban J connectivity index is 1.37. The van der Waals surface area contributed by atoms with Crippen LogP contribution >= 0.6 is 0 Å². The van der Waals surface area contributed by atoms with Gasteiger partial charge in [-0.15, -0.1) is 0 Å². The average Bonchev–Trinajstić information content (AvgIpc) is 2.85. The van der Waals surface area contributed by atoms with Crippen molar-refractivity contribution in [1.29, 1.82) is 0 Å². The number of halogens is 1. The predicted molar refractivity (Wildman–Crippen MR) is 127 cm³/mol. The number of morpholine rings is 1. The molecule has 0 radical (unpaired) electrons. The van der Waals surface area contributed by atoms with Crippen molar-refractivity contribution in [3.63, 3.8) is 0 Å². The number of rotatable bonds is 8. The molecule has 3 aromatic rings. The van der Waals surface area contributed by atoms with Crippen molar-refractivity contribution in [3.05, 3.63) is 95.3 Å². The van der Waals surface area contributed by atoms with Gasteiger partial charge in [-0.2, -0.15) is 0 Å². The van der Waals surface area contributed by atoms with Gasteiger partial charge in [0.05, 0.1) is 18.1 Å². The minimum atomic E-state index is -3.86. The second kappa shape index (κ2) is 10.8. The van der Waals surface area contributed by atoms with Gasteiger partial charge < -0.3 is 10.1 Å². The molecule has 0 saturated carbocycles. The second-order valence-electron chi connectivity index (χ2n) is 7.98. The lowest BCUT2D eigenvalue weighted by atomic mass is 10.1. The fourth-order valence-corrected chi connectivity index (χ4v) is 4.74. The van der Waals surface area contributed by atoms with Gasteiger partial charge in [-0.05, 0) is 59.7 Å². The lowest BCUT2D eigenvalue weighted by molar-refractivity contribution is 0.0340. The van der Waals surface area contributed by atoms with Crippen molar-refractivity contribution in [2.75, 3.05) is 31.0 Å². The van der Waals surface area contributed by atoms with E-state index in [1.54, 1.807) is 0 Å². The van der Waals surface area contributed by atoms with Crippen molar-refractivity contribution >= 4 is 21.6 Å². The van der Waals surface area contributed by atoms with Gasteiger partial charge in [-0.25, -0.2) is 12.8 Å². The number of amides is 1. The number of anilines is 1. The maximum Gasteiger partial charge on any atom is 0.261 e. The first-order valence-electron chi connectivity index (χ1n) is 10.9. The maximum absolute atomic E-state index is 13.0. The number of nitrogens with zero attached hydrogens (tertiary/aromatic N) is 1. The molecule has 1 aliphatic heterocycles. The van der Waals surface area contributed by atoms with Crippen LogP contribution in [0.3, 0.4) is 0 Å². The molecule has 1 aliphatic rings. The van der Waals surface area contributed by atoms with Gasteiger partial charge in [0, 0.05) is 37.4 Å². The highest BCUT2D eigenvalue weighted by molar-refractivity contribution is 7.92. The Bertz CT molecular complexity index is 1230. The Morgan fingerprint density at radius 3 is 2.24 bits per heavy atom. The lowest BCUT2D eigenvalue weighted by Crippen LogP contribution is -2.36. The van der Waals surface area contributed by atoms with Gasteiger partial charge >= 0.3 is 0 Å². The minimum Gasteiger partial charge on any atom is -0.379 e. The molecule has 7 nitrogen and oxygen atoms in total. The van der Waals surface area contributed by atoms with Crippen LogP contribution in [0.4, 0.5) is 10.1 Å². The molecule has 1 saturated heterocycles. The number of nitrogens with one attached hydrogen (secondary N) is 2. The van der Waals surface area contributed by atoms with Crippen LogP contribution in [-0.2, 0) is 27.8 Å². The third kappa shape index (κ3) is 6.19.